The number of allylic oxidation sites excluding steroid dienone is 1. The predicted octanol–water partition coefficient (Wildman–Crippen LogP) is 4.16. The van der Waals surface area contributed by atoms with E-state index in [0.29, 0.717) is 5.56 Å². The monoisotopic (exact) mass is 401 g/mol. The highest BCUT2D eigenvalue weighted by atomic mass is 19.4. The molecule has 0 aromatic heterocycles. The summed E-state index contributed by atoms with van der Waals surface area (Å²) in [5.41, 5.74) is -0.950. The molecule has 0 saturated heterocycles. The van der Waals surface area contributed by atoms with E-state index in [4.69, 9.17) is 20.0 Å². The van der Waals surface area contributed by atoms with Crippen LogP contribution in [0.15, 0.2) is 48.0 Å². The van der Waals surface area contributed by atoms with Gasteiger partial charge in [0.05, 0.1) is 18.4 Å². The summed E-state index contributed by atoms with van der Waals surface area (Å²) in [6.07, 6.45) is -3.27. The van der Waals surface area contributed by atoms with Crippen LogP contribution in [0.3, 0.4) is 0 Å². The average Bonchev–Trinajstić information content (AvgIpc) is 2.70. The Kier molecular flexibility index (Phi) is 6.83. The lowest BCUT2D eigenvalue weighted by molar-refractivity contribution is -0.137. The van der Waals surface area contributed by atoms with Crippen molar-refractivity contribution in [2.45, 2.75) is 6.18 Å². The minimum Gasteiger partial charge on any atom is -0.493 e. The van der Waals surface area contributed by atoms with Gasteiger partial charge >= 0.3 is 6.18 Å². The number of halogens is 3. The molecule has 9 heteroatoms. The lowest BCUT2D eigenvalue weighted by Crippen LogP contribution is -2.22. The normalized spacial score (nSPS) is 10.3. The Bertz CT molecular complexity index is 1000. The van der Waals surface area contributed by atoms with Gasteiger partial charge < -0.3 is 14.8 Å². The molecular weight excluding hydrogens is 387 g/mol. The van der Waals surface area contributed by atoms with E-state index in [1.807, 2.05) is 0 Å². The second-order valence-electron chi connectivity index (χ2n) is 5.57. The van der Waals surface area contributed by atoms with Crippen molar-refractivity contribution < 1.29 is 27.4 Å². The number of benzene rings is 2. The summed E-state index contributed by atoms with van der Waals surface area (Å²) in [7, 11) is 1.35. The smallest absolute Gasteiger partial charge is 0.418 e. The quantitative estimate of drug-likeness (QED) is 0.734. The van der Waals surface area contributed by atoms with Gasteiger partial charge in [-0.3, -0.25) is 4.79 Å². The first kappa shape index (κ1) is 21.3. The van der Waals surface area contributed by atoms with Gasteiger partial charge in [0.2, 0.25) is 0 Å². The van der Waals surface area contributed by atoms with Crippen molar-refractivity contribution in [3.05, 3.63) is 59.2 Å². The van der Waals surface area contributed by atoms with Gasteiger partial charge in [-0.1, -0.05) is 18.2 Å². The molecule has 2 rings (SSSR count). The van der Waals surface area contributed by atoms with E-state index in [1.165, 1.54) is 43.5 Å². The maximum absolute atomic E-state index is 13.0. The number of carbonyl (C=O) groups excluding carboxylic acids is 1. The standard InChI is InChI=1S/C20H14F3N3O3/c1-28-18-9-13(8-14(10-24)11-25)6-7-17(18)29-12-19(27)26-16-5-3-2-4-15(16)20(21,22)23/h2-9H,12H2,1H3,(H,26,27). The molecule has 0 heterocycles. The van der Waals surface area contributed by atoms with Crippen LogP contribution in [-0.2, 0) is 11.0 Å². The lowest BCUT2D eigenvalue weighted by atomic mass is 10.1. The number of hydrogen-bond acceptors (Lipinski definition) is 5. The van der Waals surface area contributed by atoms with E-state index in [1.54, 1.807) is 12.1 Å². The summed E-state index contributed by atoms with van der Waals surface area (Å²) < 4.78 is 49.4. The van der Waals surface area contributed by atoms with Crippen molar-refractivity contribution in [3.8, 4) is 23.6 Å². The first-order valence-electron chi connectivity index (χ1n) is 8.07. The minimum absolute atomic E-state index is 0.108. The van der Waals surface area contributed by atoms with Crippen LogP contribution in [0.2, 0.25) is 0 Å². The first-order chi connectivity index (χ1) is 13.8. The van der Waals surface area contributed by atoms with Crippen molar-refractivity contribution in [2.75, 3.05) is 19.0 Å². The highest BCUT2D eigenvalue weighted by molar-refractivity contribution is 5.92. The molecule has 0 bridgehead atoms. The maximum atomic E-state index is 13.0. The lowest BCUT2D eigenvalue weighted by Gasteiger charge is -2.14. The topological polar surface area (TPSA) is 95.1 Å². The first-order valence-corrected chi connectivity index (χ1v) is 8.07. The predicted molar refractivity (Wildman–Crippen MR) is 97.8 cm³/mol. The van der Waals surface area contributed by atoms with E-state index >= 15 is 0 Å². The molecule has 29 heavy (non-hydrogen) atoms. The molecule has 1 amide bonds. The summed E-state index contributed by atoms with van der Waals surface area (Å²) in [5, 5.41) is 19.8. The molecule has 0 radical (unpaired) electrons. The molecule has 2 aromatic rings. The fourth-order valence-electron chi connectivity index (χ4n) is 2.32. The van der Waals surface area contributed by atoms with Crippen LogP contribution in [-0.4, -0.2) is 19.6 Å². The van der Waals surface area contributed by atoms with Crippen molar-refractivity contribution in [1.82, 2.24) is 0 Å². The number of methoxy groups -OCH3 is 1. The summed E-state index contributed by atoms with van der Waals surface area (Å²) >= 11 is 0. The third kappa shape index (κ3) is 5.75. The molecule has 0 atom stereocenters. The molecule has 0 aliphatic rings. The van der Waals surface area contributed by atoms with Crippen LogP contribution >= 0.6 is 0 Å². The van der Waals surface area contributed by atoms with Crippen molar-refractivity contribution >= 4 is 17.7 Å². The molecule has 0 spiro atoms. The number of ether oxygens (including phenoxy) is 2. The zero-order valence-electron chi connectivity index (χ0n) is 15.1. The van der Waals surface area contributed by atoms with Crippen LogP contribution in [0, 0.1) is 22.7 Å². The molecule has 0 unspecified atom stereocenters. The fourth-order valence-corrected chi connectivity index (χ4v) is 2.32. The zero-order chi connectivity index (χ0) is 21.4. The Labute approximate surface area is 164 Å². The van der Waals surface area contributed by atoms with Gasteiger partial charge in [0.25, 0.3) is 5.91 Å². The SMILES string of the molecule is COc1cc(C=C(C#N)C#N)ccc1OCC(=O)Nc1ccccc1C(F)(F)F. The van der Waals surface area contributed by atoms with Gasteiger partial charge in [0.1, 0.15) is 17.7 Å². The zero-order valence-corrected chi connectivity index (χ0v) is 15.1. The third-order valence-electron chi connectivity index (χ3n) is 3.60. The van der Waals surface area contributed by atoms with Gasteiger partial charge in [-0.2, -0.15) is 23.7 Å². The second-order valence-corrected chi connectivity index (χ2v) is 5.57. The van der Waals surface area contributed by atoms with Crippen molar-refractivity contribution in [1.29, 1.82) is 10.5 Å². The minimum atomic E-state index is -4.61. The highest BCUT2D eigenvalue weighted by Crippen LogP contribution is 2.34. The molecular formula is C20H14F3N3O3. The molecule has 2 aromatic carbocycles. The van der Waals surface area contributed by atoms with Gasteiger partial charge in [0, 0.05) is 0 Å². The van der Waals surface area contributed by atoms with Crippen LogP contribution in [0.1, 0.15) is 11.1 Å². The Morgan fingerprint density at radius 3 is 2.45 bits per heavy atom. The molecule has 6 nitrogen and oxygen atoms in total. The number of rotatable bonds is 6. The number of nitrogens with one attached hydrogen (secondary N) is 1. The van der Waals surface area contributed by atoms with Gasteiger partial charge in [-0.25, -0.2) is 0 Å². The largest absolute Gasteiger partial charge is 0.493 e. The average molecular weight is 401 g/mol. The van der Waals surface area contributed by atoms with Crippen LogP contribution in [0.25, 0.3) is 6.08 Å². The molecule has 0 saturated carbocycles. The van der Waals surface area contributed by atoms with Crippen LogP contribution < -0.4 is 14.8 Å². The molecule has 0 aliphatic heterocycles. The number of para-hydroxylation sites is 1. The number of amides is 1. The van der Waals surface area contributed by atoms with Gasteiger partial charge in [-0.05, 0) is 35.9 Å². The number of carbonyl (C=O) groups is 1. The number of anilines is 1. The Morgan fingerprint density at radius 2 is 1.83 bits per heavy atom. The summed E-state index contributed by atoms with van der Waals surface area (Å²) in [6, 6.07) is 12.5. The van der Waals surface area contributed by atoms with Crippen LogP contribution in [0.5, 0.6) is 11.5 Å². The molecule has 0 fully saturated rings. The van der Waals surface area contributed by atoms with E-state index in [0.717, 1.165) is 12.1 Å². The van der Waals surface area contributed by atoms with Crippen molar-refractivity contribution in [2.24, 2.45) is 0 Å². The molecule has 0 aliphatic carbocycles. The summed E-state index contributed by atoms with van der Waals surface area (Å²) in [6.45, 7) is -0.556. The van der Waals surface area contributed by atoms with Crippen LogP contribution in [0.4, 0.5) is 18.9 Å². The van der Waals surface area contributed by atoms with Gasteiger partial charge in [-0.15, -0.1) is 0 Å². The van der Waals surface area contributed by atoms with Crippen molar-refractivity contribution in [3.63, 3.8) is 0 Å². The third-order valence-corrected chi connectivity index (χ3v) is 3.60. The Hall–Kier alpha value is -3.98. The molecule has 148 valence electrons. The summed E-state index contributed by atoms with van der Waals surface area (Å²) in [4.78, 5) is 12.0. The second kappa shape index (κ2) is 9.29. The number of nitrogens with zero attached hydrogens (tertiary/aromatic N) is 2. The molecule has 1 N–H and O–H groups in total. The number of alkyl halides is 3. The Balaban J connectivity index is 2.11. The van der Waals surface area contributed by atoms with E-state index in [9.17, 15) is 18.0 Å². The Morgan fingerprint density at radius 1 is 1.14 bits per heavy atom. The highest BCUT2D eigenvalue weighted by Gasteiger charge is 2.33. The fraction of sp³-hybridized carbons (Fsp3) is 0.150. The number of nitriles is 2. The van der Waals surface area contributed by atoms with E-state index in [2.05, 4.69) is 5.32 Å². The number of hydrogen-bond donors (Lipinski definition) is 1. The summed E-state index contributed by atoms with van der Waals surface area (Å²) in [5.74, 6) is -0.402. The van der Waals surface area contributed by atoms with Gasteiger partial charge in [0.15, 0.2) is 18.1 Å². The maximum Gasteiger partial charge on any atom is 0.418 e. The van der Waals surface area contributed by atoms with E-state index in [-0.39, 0.29) is 22.8 Å². The van der Waals surface area contributed by atoms with E-state index < -0.39 is 24.3 Å².